The van der Waals surface area contributed by atoms with E-state index in [0.29, 0.717) is 39.9 Å². The molecule has 0 amide bonds. The number of benzene rings is 3. The number of hydrogen-bond acceptors (Lipinski definition) is 10. The lowest BCUT2D eigenvalue weighted by Gasteiger charge is -2.33. The first-order valence-corrected chi connectivity index (χ1v) is 11.6. The fraction of sp³-hybridized carbons (Fsp3) is 0.250. The van der Waals surface area contributed by atoms with Crippen LogP contribution in [-0.4, -0.2) is 51.4 Å². The topological polar surface area (TPSA) is 126 Å². The lowest BCUT2D eigenvalue weighted by Crippen LogP contribution is -2.36. The van der Waals surface area contributed by atoms with Crippen molar-refractivity contribution in [2.24, 2.45) is 0 Å². The summed E-state index contributed by atoms with van der Waals surface area (Å²) >= 11 is 0. The van der Waals surface area contributed by atoms with Crippen LogP contribution in [0, 0.1) is 0 Å². The third-order valence-corrected chi connectivity index (χ3v) is 6.34. The minimum Gasteiger partial charge on any atom is -0.507 e. The predicted molar refractivity (Wildman–Crippen MR) is 137 cm³/mol. The van der Waals surface area contributed by atoms with Gasteiger partial charge >= 0.3 is 0 Å². The lowest BCUT2D eigenvalue weighted by molar-refractivity contribution is -0.0123. The number of aliphatic hydroxyl groups is 1. The molecule has 2 atom stereocenters. The maximum Gasteiger partial charge on any atom is 0.239 e. The van der Waals surface area contributed by atoms with Gasteiger partial charge in [0.2, 0.25) is 11.2 Å². The first kappa shape index (κ1) is 25.1. The molecular weight excluding hydrogens is 496 g/mol. The van der Waals surface area contributed by atoms with Crippen molar-refractivity contribution in [2.45, 2.75) is 12.2 Å². The average molecular weight is 523 g/mol. The SMILES string of the molecule is COc1cc(O)c2c(=O)c(OC)c(-c3ccc4c(c3)OC(c3ccc(OC)c(OC)c3)C(CO)O4)oc2c1. The van der Waals surface area contributed by atoms with Crippen LogP contribution in [0.5, 0.6) is 40.2 Å². The van der Waals surface area contributed by atoms with Gasteiger partial charge in [0.15, 0.2) is 41.0 Å². The monoisotopic (exact) mass is 522 g/mol. The predicted octanol–water partition coefficient (Wildman–Crippen LogP) is 4.07. The van der Waals surface area contributed by atoms with Crippen LogP contribution < -0.4 is 33.8 Å². The minimum atomic E-state index is -0.685. The maximum absolute atomic E-state index is 13.2. The molecule has 5 rings (SSSR count). The van der Waals surface area contributed by atoms with E-state index >= 15 is 0 Å². The molecule has 10 nitrogen and oxygen atoms in total. The van der Waals surface area contributed by atoms with Crippen LogP contribution in [0.3, 0.4) is 0 Å². The van der Waals surface area contributed by atoms with Crippen molar-refractivity contribution in [2.75, 3.05) is 35.0 Å². The Bertz CT molecular complexity index is 1560. The van der Waals surface area contributed by atoms with Gasteiger partial charge in [0.1, 0.15) is 22.5 Å². The van der Waals surface area contributed by atoms with Crippen LogP contribution in [0.2, 0.25) is 0 Å². The van der Waals surface area contributed by atoms with Crippen LogP contribution in [0.4, 0.5) is 0 Å². The molecule has 0 spiro atoms. The molecule has 38 heavy (non-hydrogen) atoms. The van der Waals surface area contributed by atoms with Crippen LogP contribution in [0.25, 0.3) is 22.3 Å². The summed E-state index contributed by atoms with van der Waals surface area (Å²) in [5, 5.41) is 20.4. The van der Waals surface area contributed by atoms with Crippen LogP contribution in [0.15, 0.2) is 57.7 Å². The molecule has 1 aromatic heterocycles. The van der Waals surface area contributed by atoms with Gasteiger partial charge in [0.05, 0.1) is 35.0 Å². The standard InChI is InChI=1S/C28H26O10/c1-32-16-11-17(30)24-22(12-16)38-27(28(35-4)25(24)31)15-6-8-19-21(10-15)37-26(23(13-29)36-19)14-5-7-18(33-2)20(9-14)34-3/h5-12,23,26,29-30H,13H2,1-4H3. The molecule has 0 bridgehead atoms. The first-order chi connectivity index (χ1) is 18.4. The Morgan fingerprint density at radius 1 is 0.842 bits per heavy atom. The summed E-state index contributed by atoms with van der Waals surface area (Å²) in [6.45, 7) is -0.293. The number of phenols is 1. The third-order valence-electron chi connectivity index (χ3n) is 6.34. The van der Waals surface area contributed by atoms with Crippen molar-refractivity contribution in [3.05, 3.63) is 64.3 Å². The molecule has 4 aromatic rings. The van der Waals surface area contributed by atoms with Gasteiger partial charge in [-0.3, -0.25) is 4.79 Å². The smallest absolute Gasteiger partial charge is 0.239 e. The Labute approximate surface area is 217 Å². The van der Waals surface area contributed by atoms with E-state index in [0.717, 1.165) is 0 Å². The van der Waals surface area contributed by atoms with E-state index in [9.17, 15) is 15.0 Å². The van der Waals surface area contributed by atoms with Crippen molar-refractivity contribution >= 4 is 11.0 Å². The van der Waals surface area contributed by atoms with Gasteiger partial charge in [-0.15, -0.1) is 0 Å². The highest BCUT2D eigenvalue weighted by Crippen LogP contribution is 2.44. The van der Waals surface area contributed by atoms with Gasteiger partial charge in [0, 0.05) is 23.3 Å². The second-order valence-corrected chi connectivity index (χ2v) is 8.47. The molecule has 0 fully saturated rings. The Morgan fingerprint density at radius 3 is 2.32 bits per heavy atom. The molecule has 2 heterocycles. The van der Waals surface area contributed by atoms with Crippen LogP contribution in [0.1, 0.15) is 11.7 Å². The fourth-order valence-electron chi connectivity index (χ4n) is 4.47. The quantitative estimate of drug-likeness (QED) is 0.367. The second-order valence-electron chi connectivity index (χ2n) is 8.47. The van der Waals surface area contributed by atoms with Gasteiger partial charge < -0.3 is 43.1 Å². The van der Waals surface area contributed by atoms with Crippen molar-refractivity contribution in [3.8, 4) is 51.6 Å². The number of fused-ring (bicyclic) bond motifs is 2. The number of phenolic OH excluding ortho intramolecular Hbond substituents is 1. The molecule has 0 saturated heterocycles. The average Bonchev–Trinajstić information content (AvgIpc) is 2.95. The van der Waals surface area contributed by atoms with Gasteiger partial charge in [-0.1, -0.05) is 6.07 Å². The summed E-state index contributed by atoms with van der Waals surface area (Å²) in [5.74, 6) is 1.92. The minimum absolute atomic E-state index is 0.0248. The van der Waals surface area contributed by atoms with Gasteiger partial charge in [-0.05, 0) is 30.3 Å². The number of aliphatic hydroxyl groups excluding tert-OH is 1. The van der Waals surface area contributed by atoms with E-state index in [4.69, 9.17) is 32.8 Å². The van der Waals surface area contributed by atoms with Crippen LogP contribution >= 0.6 is 0 Å². The van der Waals surface area contributed by atoms with Gasteiger partial charge in [-0.25, -0.2) is 0 Å². The van der Waals surface area contributed by atoms with Gasteiger partial charge in [-0.2, -0.15) is 0 Å². The molecule has 2 N–H and O–H groups in total. The van der Waals surface area contributed by atoms with E-state index in [2.05, 4.69) is 0 Å². The summed E-state index contributed by atoms with van der Waals surface area (Å²) in [5.41, 5.74) is 0.762. The summed E-state index contributed by atoms with van der Waals surface area (Å²) < 4.78 is 39.7. The van der Waals surface area contributed by atoms with E-state index in [-0.39, 0.29) is 34.8 Å². The molecule has 10 heteroatoms. The van der Waals surface area contributed by atoms with E-state index < -0.39 is 17.6 Å². The van der Waals surface area contributed by atoms with E-state index in [1.165, 1.54) is 33.5 Å². The van der Waals surface area contributed by atoms with E-state index in [1.807, 2.05) is 0 Å². The normalized spacial score (nSPS) is 16.2. The maximum atomic E-state index is 13.2. The molecule has 198 valence electrons. The van der Waals surface area contributed by atoms with Crippen molar-refractivity contribution < 1.29 is 43.1 Å². The largest absolute Gasteiger partial charge is 0.507 e. The summed E-state index contributed by atoms with van der Waals surface area (Å²) in [4.78, 5) is 13.2. The molecule has 0 aliphatic carbocycles. The Hall–Kier alpha value is -4.57. The molecule has 1 aliphatic heterocycles. The van der Waals surface area contributed by atoms with Crippen molar-refractivity contribution in [1.29, 1.82) is 0 Å². The summed E-state index contributed by atoms with van der Waals surface area (Å²) in [6.07, 6.45) is -1.36. The van der Waals surface area contributed by atoms with Crippen molar-refractivity contribution in [1.82, 2.24) is 0 Å². The highest BCUT2D eigenvalue weighted by atomic mass is 16.6. The highest BCUT2D eigenvalue weighted by molar-refractivity contribution is 5.88. The highest BCUT2D eigenvalue weighted by Gasteiger charge is 2.34. The molecule has 3 aromatic carbocycles. The summed E-state index contributed by atoms with van der Waals surface area (Å²) in [6, 6.07) is 13.1. The molecule has 0 saturated carbocycles. The second kappa shape index (κ2) is 10.1. The number of ether oxygens (including phenoxy) is 6. The zero-order valence-electron chi connectivity index (χ0n) is 21.1. The molecule has 1 aliphatic rings. The summed E-state index contributed by atoms with van der Waals surface area (Å²) in [7, 11) is 5.87. The number of hydrogen-bond donors (Lipinski definition) is 2. The third kappa shape index (κ3) is 4.18. The first-order valence-electron chi connectivity index (χ1n) is 11.6. The lowest BCUT2D eigenvalue weighted by atomic mass is 10.0. The van der Waals surface area contributed by atoms with Crippen LogP contribution in [-0.2, 0) is 0 Å². The Morgan fingerprint density at radius 2 is 1.63 bits per heavy atom. The number of aromatic hydroxyl groups is 1. The molecule has 2 unspecified atom stereocenters. The number of rotatable bonds is 7. The van der Waals surface area contributed by atoms with E-state index in [1.54, 1.807) is 43.5 Å². The molecule has 0 radical (unpaired) electrons. The Balaban J connectivity index is 1.60. The Kier molecular flexibility index (Phi) is 6.64. The van der Waals surface area contributed by atoms with Crippen molar-refractivity contribution in [3.63, 3.8) is 0 Å². The van der Waals surface area contributed by atoms with Gasteiger partial charge in [0.25, 0.3) is 0 Å². The zero-order valence-corrected chi connectivity index (χ0v) is 21.1. The molecular formula is C28H26O10. The number of methoxy groups -OCH3 is 4. The zero-order chi connectivity index (χ0) is 27.0. The fourth-order valence-corrected chi connectivity index (χ4v) is 4.47.